The molecular weight excluding hydrogens is 230 g/mol. The van der Waals surface area contributed by atoms with Crippen LogP contribution in [0.4, 0.5) is 4.79 Å². The first-order valence-corrected chi connectivity index (χ1v) is 6.40. The Kier molecular flexibility index (Phi) is 2.99. The average Bonchev–Trinajstić information content (AvgIpc) is 2.69. The molecule has 1 saturated carbocycles. The minimum Gasteiger partial charge on any atom is -0.444 e. The number of nitrogens with zero attached hydrogens (tertiary/aromatic N) is 1. The van der Waals surface area contributed by atoms with Crippen LogP contribution in [0.25, 0.3) is 0 Å². The van der Waals surface area contributed by atoms with E-state index in [0.29, 0.717) is 0 Å². The Bertz CT molecular complexity index is 408. The molecule has 2 fully saturated rings. The van der Waals surface area contributed by atoms with E-state index in [9.17, 15) is 9.59 Å². The Balaban J connectivity index is 2.20. The first kappa shape index (κ1) is 13.1. The molecular formula is C14H21NO3. The highest BCUT2D eigenvalue weighted by Crippen LogP contribution is 2.46. The van der Waals surface area contributed by atoms with Crippen LogP contribution in [-0.4, -0.2) is 34.5 Å². The van der Waals surface area contributed by atoms with Gasteiger partial charge in [-0.3, -0.25) is 9.69 Å². The van der Waals surface area contributed by atoms with Crippen molar-refractivity contribution in [2.24, 2.45) is 5.92 Å². The van der Waals surface area contributed by atoms with E-state index < -0.39 is 5.60 Å². The normalized spacial score (nSPS) is 30.8. The molecule has 4 heteroatoms. The molecule has 0 aromatic rings. The maximum absolute atomic E-state index is 12.2. The van der Waals surface area contributed by atoms with Crippen LogP contribution in [0.1, 0.15) is 40.5 Å². The Labute approximate surface area is 108 Å². The molecule has 4 nitrogen and oxygen atoms in total. The van der Waals surface area contributed by atoms with E-state index in [0.717, 1.165) is 18.4 Å². The van der Waals surface area contributed by atoms with E-state index in [4.69, 9.17) is 4.74 Å². The lowest BCUT2D eigenvalue weighted by Gasteiger charge is -2.35. The summed E-state index contributed by atoms with van der Waals surface area (Å²) >= 11 is 0. The number of ketones is 1. The summed E-state index contributed by atoms with van der Waals surface area (Å²) < 4.78 is 5.40. The number of likely N-dealkylation sites (tertiary alicyclic amines) is 1. The smallest absolute Gasteiger partial charge is 0.411 e. The molecule has 1 amide bonds. The maximum atomic E-state index is 12.2. The van der Waals surface area contributed by atoms with E-state index in [1.54, 1.807) is 4.90 Å². The number of amides is 1. The first-order chi connectivity index (χ1) is 8.20. The minimum atomic E-state index is -0.530. The standard InChI is InChI=1S/C14H21NO3/c1-8-6-10-7-11(8)12(9(2)16)15(10)13(17)18-14(3,4)5/h10-12H,1,6-7H2,2-5H3/t10-,11-,12-/m1/s1. The molecule has 0 unspecified atom stereocenters. The summed E-state index contributed by atoms with van der Waals surface area (Å²) in [4.78, 5) is 25.6. The third-order valence-electron chi connectivity index (χ3n) is 3.64. The number of Topliss-reactive ketones (excluding diaryl/α,β-unsaturated/α-hetero) is 1. The van der Waals surface area contributed by atoms with Crippen LogP contribution in [0.5, 0.6) is 0 Å². The quantitative estimate of drug-likeness (QED) is 0.673. The number of carbonyl (C=O) groups excluding carboxylic acids is 2. The molecule has 0 spiro atoms. The van der Waals surface area contributed by atoms with Gasteiger partial charge in [-0.2, -0.15) is 0 Å². The highest BCUT2D eigenvalue weighted by Gasteiger charge is 2.52. The molecule has 100 valence electrons. The minimum absolute atomic E-state index is 0.0224. The second-order valence-corrected chi connectivity index (χ2v) is 6.30. The molecule has 1 aliphatic heterocycles. The maximum Gasteiger partial charge on any atom is 0.411 e. The summed E-state index contributed by atoms with van der Waals surface area (Å²) in [5.74, 6) is 0.147. The monoisotopic (exact) mass is 251 g/mol. The van der Waals surface area contributed by atoms with Gasteiger partial charge in [-0.25, -0.2) is 4.79 Å². The van der Waals surface area contributed by atoms with Crippen molar-refractivity contribution in [1.29, 1.82) is 0 Å². The number of hydrogen-bond acceptors (Lipinski definition) is 3. The molecule has 0 aromatic heterocycles. The predicted octanol–water partition coefficient (Wildman–Crippen LogP) is 2.53. The van der Waals surface area contributed by atoms with Gasteiger partial charge in [-0.05, 0) is 40.5 Å². The van der Waals surface area contributed by atoms with Crippen molar-refractivity contribution in [3.05, 3.63) is 12.2 Å². The van der Waals surface area contributed by atoms with Crippen molar-refractivity contribution in [3.8, 4) is 0 Å². The van der Waals surface area contributed by atoms with Crippen LogP contribution in [0.15, 0.2) is 12.2 Å². The number of ether oxygens (including phenoxy) is 1. The SMILES string of the molecule is C=C1C[C@@H]2C[C@H]1[C@@H](C(C)=O)N2C(=O)OC(C)(C)C. The molecule has 3 atom stereocenters. The van der Waals surface area contributed by atoms with Gasteiger partial charge < -0.3 is 4.74 Å². The van der Waals surface area contributed by atoms with Gasteiger partial charge in [0.2, 0.25) is 0 Å². The van der Waals surface area contributed by atoms with Gasteiger partial charge in [0.1, 0.15) is 11.6 Å². The van der Waals surface area contributed by atoms with Crippen molar-refractivity contribution in [3.63, 3.8) is 0 Å². The number of rotatable bonds is 1. The fourth-order valence-electron chi connectivity index (χ4n) is 3.04. The van der Waals surface area contributed by atoms with Crippen molar-refractivity contribution >= 4 is 11.9 Å². The average molecular weight is 251 g/mol. The Morgan fingerprint density at radius 2 is 2.00 bits per heavy atom. The topological polar surface area (TPSA) is 46.6 Å². The summed E-state index contributed by atoms with van der Waals surface area (Å²) in [6.07, 6.45) is 1.28. The van der Waals surface area contributed by atoms with E-state index in [1.165, 1.54) is 6.92 Å². The number of carbonyl (C=O) groups is 2. The van der Waals surface area contributed by atoms with Gasteiger partial charge in [0.25, 0.3) is 0 Å². The first-order valence-electron chi connectivity index (χ1n) is 6.40. The molecule has 2 bridgehead atoms. The summed E-state index contributed by atoms with van der Waals surface area (Å²) in [7, 11) is 0. The van der Waals surface area contributed by atoms with Crippen LogP contribution >= 0.6 is 0 Å². The third-order valence-corrected chi connectivity index (χ3v) is 3.64. The van der Waals surface area contributed by atoms with E-state index in [2.05, 4.69) is 6.58 Å². The lowest BCUT2D eigenvalue weighted by molar-refractivity contribution is -0.122. The molecule has 1 saturated heterocycles. The zero-order chi connectivity index (χ0) is 13.7. The predicted molar refractivity (Wildman–Crippen MR) is 68.2 cm³/mol. The van der Waals surface area contributed by atoms with E-state index in [1.807, 2.05) is 20.8 Å². The molecule has 0 N–H and O–H groups in total. The zero-order valence-corrected chi connectivity index (χ0v) is 11.5. The van der Waals surface area contributed by atoms with Gasteiger partial charge in [0.15, 0.2) is 5.78 Å². The molecule has 0 radical (unpaired) electrons. The lowest BCUT2D eigenvalue weighted by atomic mass is 9.92. The highest BCUT2D eigenvalue weighted by molar-refractivity contribution is 5.87. The van der Waals surface area contributed by atoms with Crippen LogP contribution in [0, 0.1) is 5.92 Å². The fraction of sp³-hybridized carbons (Fsp3) is 0.714. The van der Waals surface area contributed by atoms with Crippen LogP contribution in [0.2, 0.25) is 0 Å². The van der Waals surface area contributed by atoms with Crippen LogP contribution < -0.4 is 0 Å². The second kappa shape index (κ2) is 4.11. The number of fused-ring (bicyclic) bond motifs is 2. The highest BCUT2D eigenvalue weighted by atomic mass is 16.6. The second-order valence-electron chi connectivity index (χ2n) is 6.30. The summed E-state index contributed by atoms with van der Waals surface area (Å²) in [5, 5.41) is 0. The summed E-state index contributed by atoms with van der Waals surface area (Å²) in [5.41, 5.74) is 0.567. The summed E-state index contributed by atoms with van der Waals surface area (Å²) in [6, 6.07) is -0.280. The number of hydrogen-bond donors (Lipinski definition) is 0. The van der Waals surface area contributed by atoms with Gasteiger partial charge in [-0.1, -0.05) is 12.2 Å². The van der Waals surface area contributed by atoms with Gasteiger partial charge >= 0.3 is 6.09 Å². The Hall–Kier alpha value is -1.32. The van der Waals surface area contributed by atoms with Gasteiger partial charge in [0.05, 0.1) is 0 Å². The lowest BCUT2D eigenvalue weighted by Crippen LogP contribution is -2.50. The van der Waals surface area contributed by atoms with E-state index in [-0.39, 0.29) is 29.9 Å². The molecule has 2 rings (SSSR count). The molecule has 18 heavy (non-hydrogen) atoms. The Morgan fingerprint density at radius 3 is 2.50 bits per heavy atom. The summed E-state index contributed by atoms with van der Waals surface area (Å²) in [6.45, 7) is 11.0. The van der Waals surface area contributed by atoms with Crippen LogP contribution in [-0.2, 0) is 9.53 Å². The number of piperidine rings is 1. The molecule has 0 aromatic carbocycles. The van der Waals surface area contributed by atoms with Gasteiger partial charge in [-0.15, -0.1) is 0 Å². The van der Waals surface area contributed by atoms with Gasteiger partial charge in [0, 0.05) is 12.0 Å². The molecule has 1 aliphatic carbocycles. The van der Waals surface area contributed by atoms with Crippen molar-refractivity contribution < 1.29 is 14.3 Å². The van der Waals surface area contributed by atoms with Crippen molar-refractivity contribution in [2.75, 3.05) is 0 Å². The molecule has 2 aliphatic rings. The van der Waals surface area contributed by atoms with Crippen molar-refractivity contribution in [2.45, 2.75) is 58.2 Å². The van der Waals surface area contributed by atoms with Crippen LogP contribution in [0.3, 0.4) is 0 Å². The zero-order valence-electron chi connectivity index (χ0n) is 11.5. The van der Waals surface area contributed by atoms with E-state index >= 15 is 0 Å². The third kappa shape index (κ3) is 2.16. The van der Waals surface area contributed by atoms with Crippen molar-refractivity contribution in [1.82, 2.24) is 4.90 Å². The molecule has 1 heterocycles. The Morgan fingerprint density at radius 1 is 1.39 bits per heavy atom. The fourth-order valence-corrected chi connectivity index (χ4v) is 3.04. The largest absolute Gasteiger partial charge is 0.444 e.